The average molecular weight is 1500 g/mol. The van der Waals surface area contributed by atoms with Crippen LogP contribution in [0.2, 0.25) is 0 Å². The predicted octanol–water partition coefficient (Wildman–Crippen LogP) is 23.5. The predicted molar refractivity (Wildman–Crippen MR) is 456 cm³/mol. The van der Waals surface area contributed by atoms with Crippen LogP contribution in [0.25, 0.3) is 55.6 Å². The molecule has 0 saturated heterocycles. The summed E-state index contributed by atoms with van der Waals surface area (Å²) >= 11 is 1.85. The van der Waals surface area contributed by atoms with E-state index in [4.69, 9.17) is 23.8 Å². The van der Waals surface area contributed by atoms with Gasteiger partial charge in [0.2, 0.25) is 0 Å². The van der Waals surface area contributed by atoms with Gasteiger partial charge < -0.3 is 14.7 Å². The average Bonchev–Trinajstić information content (AvgIpc) is 1.57. The van der Waals surface area contributed by atoms with Gasteiger partial charge in [-0.1, -0.05) is 288 Å². The van der Waals surface area contributed by atoms with E-state index in [1.165, 1.54) is 89.0 Å². The van der Waals surface area contributed by atoms with Gasteiger partial charge in [-0.2, -0.15) is 0 Å². The Morgan fingerprint density at radius 2 is 0.552 bits per heavy atom. The maximum atomic E-state index is 6.41. The molecule has 0 amide bonds. The number of nitrogens with zero attached hydrogens (tertiary/aromatic N) is 6. The minimum absolute atomic E-state index is 0.0101. The molecule has 3 aliphatic heterocycles. The van der Waals surface area contributed by atoms with Crippen LogP contribution >= 0.6 is 28.1 Å². The zero-order valence-corrected chi connectivity index (χ0v) is 63.7. The number of rotatable bonds is 14. The van der Waals surface area contributed by atoms with E-state index in [9.17, 15) is 0 Å². The van der Waals surface area contributed by atoms with Crippen LogP contribution < -0.4 is 14.7 Å². The second kappa shape index (κ2) is 28.3. The summed E-state index contributed by atoms with van der Waals surface area (Å²) in [7, 11) is 4.83. The fraction of sp³-hybridized carbons (Fsp3) is 0.219. The number of hydrogen-bond donors (Lipinski definition) is 0. The highest BCUT2D eigenvalue weighted by atomic mass is 127. The van der Waals surface area contributed by atoms with E-state index < -0.39 is 6.05 Å². The first-order valence-electron chi connectivity index (χ1n) is 38.4. The van der Waals surface area contributed by atoms with Crippen molar-refractivity contribution < 1.29 is 0 Å². The lowest BCUT2D eigenvalue weighted by molar-refractivity contribution is 0.490. The Hall–Kier alpha value is -9.73. The van der Waals surface area contributed by atoms with E-state index in [-0.39, 0.29) is 52.5 Å². The number of fused-ring (bicyclic) bond motifs is 12. The molecule has 0 bridgehead atoms. The van der Waals surface area contributed by atoms with Crippen molar-refractivity contribution in [2.75, 3.05) is 14.7 Å². The number of allylic oxidation sites excluding steroid dienone is 6. The maximum Gasteiger partial charge on any atom is 0.136 e. The first-order chi connectivity index (χ1) is 52.0. The number of halogens is 1. The minimum Gasteiger partial charge on any atom is -0.317 e. The zero-order chi connectivity index (χ0) is 72.4. The molecule has 7 unspecified atom stereocenters. The van der Waals surface area contributed by atoms with Gasteiger partial charge >= 0.3 is 0 Å². The Morgan fingerprint density at radius 1 is 0.314 bits per heavy atom. The Bertz CT molecular complexity index is 4910. The summed E-state index contributed by atoms with van der Waals surface area (Å²) in [6.45, 7) is 14.3. The standard InChI is InChI=1S/C51H50.C45H36N6.BHIP/c1-7-49(8-2)43-19-15-13-17-37(43)39-25-21-33(29-45(39)49)35-23-27-41-42-28-24-36(32-48(42)51(11-5,12-6)47(41)31-35)34-22-26-40-38-18-14-16-20-44(38)50(9-3,10-4)46(40)30-34;1-4-16-34(17-5-1)49-40-25-13-10-22-37(40)46-43(49)31-28-32(44-47-38-23-11-14-26-41(38)50(44)35-18-6-2-7-19-35)30-33(29-31)45-48-39-24-12-15-27-42(39)51(45)36-20-8-3-9-21-36;1-3-2/h13-32H,7-12H2,1-6H3;1-30,37-42H;3H/i;;3T. The van der Waals surface area contributed by atoms with E-state index in [0.717, 1.165) is 89.8 Å². The molecule has 19 rings (SSSR count). The molecule has 10 aromatic rings. The van der Waals surface area contributed by atoms with Gasteiger partial charge in [0.1, 0.15) is 25.1 Å². The van der Waals surface area contributed by atoms with Crippen molar-refractivity contribution >= 4 is 70.2 Å². The summed E-state index contributed by atoms with van der Waals surface area (Å²) in [6, 6.07) is 85.7. The van der Waals surface area contributed by atoms with Crippen LogP contribution in [-0.2, 0) is 16.2 Å². The summed E-state index contributed by atoms with van der Waals surface area (Å²) < 4.78 is 6.41. The molecule has 9 heteroatoms. The number of para-hydroxylation sites is 3. The lowest BCUT2D eigenvalue weighted by Gasteiger charge is -2.31. The van der Waals surface area contributed by atoms with Gasteiger partial charge in [0, 0.05) is 50.0 Å². The SMILES string of the molecule is C1=CC2N=C(c3cc(C4=NC5C=CC=CC5N4c4ccccc4)cc(C4=NC5C=CC=CC5N4c4ccccc4)c3)N(c3ccccc3)C2C=C1.CCC1(CC)c2ccccc2-c2ccc(-c3ccc4c(c3)C(CC)(CC)c3cc(-c5ccc6c(c5)C(CC)(CC)c5ccccc5-6)ccc3-4)cc21.[3H]P([B])I. The van der Waals surface area contributed by atoms with E-state index in [1.807, 2.05) is 22.0 Å². The molecule has 0 fully saturated rings. The Balaban J connectivity index is 0.000000149. The molecule has 9 aliphatic rings. The molecule has 2 radical (unpaired) electrons. The molecule has 0 saturated carbocycles. The fourth-order valence-electron chi connectivity index (χ4n) is 19.3. The summed E-state index contributed by atoms with van der Waals surface area (Å²) in [4.78, 5) is 23.4. The third kappa shape index (κ3) is 11.2. The van der Waals surface area contributed by atoms with Crippen LogP contribution in [-0.4, -0.2) is 62.6 Å². The van der Waals surface area contributed by atoms with Gasteiger partial charge in [-0.05, 0) is 206 Å². The maximum absolute atomic E-state index is 6.41. The van der Waals surface area contributed by atoms with Crippen molar-refractivity contribution in [3.05, 3.63) is 354 Å². The molecule has 516 valence electrons. The molecule has 7 atom stereocenters. The first kappa shape index (κ1) is 67.2. The highest BCUT2D eigenvalue weighted by Crippen LogP contribution is 2.58. The lowest BCUT2D eigenvalue weighted by atomic mass is 9.72. The minimum atomic E-state index is -0.900. The first-order valence-corrected chi connectivity index (χ1v) is 41.7. The number of hydrogen-bond acceptors (Lipinski definition) is 6. The molecule has 10 aromatic carbocycles. The van der Waals surface area contributed by atoms with Crippen molar-refractivity contribution in [3.63, 3.8) is 0 Å². The van der Waals surface area contributed by atoms with Crippen LogP contribution in [0.3, 0.4) is 0 Å². The van der Waals surface area contributed by atoms with Crippen LogP contribution in [0, 0.1) is 0 Å². The number of benzene rings is 10. The van der Waals surface area contributed by atoms with Crippen molar-refractivity contribution in [1.29, 1.82) is 1.28 Å². The monoisotopic (exact) mass is 1490 g/mol. The third-order valence-electron chi connectivity index (χ3n) is 24.6. The smallest absolute Gasteiger partial charge is 0.136 e. The molecule has 6 nitrogen and oxygen atoms in total. The zero-order valence-electron chi connectivity index (χ0n) is 61.7. The van der Waals surface area contributed by atoms with Gasteiger partial charge in [0.25, 0.3) is 0 Å². The summed E-state index contributed by atoms with van der Waals surface area (Å²) in [5, 5.41) is 0. The highest BCUT2D eigenvalue weighted by Gasteiger charge is 2.46. The second-order valence-electron chi connectivity index (χ2n) is 29.1. The molecule has 0 aromatic heterocycles. The van der Waals surface area contributed by atoms with Crippen molar-refractivity contribution in [2.45, 2.75) is 133 Å². The van der Waals surface area contributed by atoms with Gasteiger partial charge in [-0.3, -0.25) is 15.0 Å². The van der Waals surface area contributed by atoms with Gasteiger partial charge in [-0.25, -0.2) is 0 Å². The molecular weight excluding hydrogens is 1410 g/mol. The summed E-state index contributed by atoms with van der Waals surface area (Å²) in [6.07, 6.45) is 32.8. The van der Waals surface area contributed by atoms with Crippen molar-refractivity contribution in [3.8, 4) is 55.6 Å². The fourth-order valence-corrected chi connectivity index (χ4v) is 19.3. The van der Waals surface area contributed by atoms with Gasteiger partial charge in [0.15, 0.2) is 0 Å². The van der Waals surface area contributed by atoms with Gasteiger partial charge in [-0.15, -0.1) is 6.05 Å². The summed E-state index contributed by atoms with van der Waals surface area (Å²) in [5.41, 5.74) is 29.5. The molecule has 105 heavy (non-hydrogen) atoms. The molecule has 0 spiro atoms. The van der Waals surface area contributed by atoms with Crippen LogP contribution in [0.4, 0.5) is 17.1 Å². The second-order valence-corrected chi connectivity index (χ2v) is 31.0. The van der Waals surface area contributed by atoms with Crippen molar-refractivity contribution in [2.24, 2.45) is 15.0 Å². The lowest BCUT2D eigenvalue weighted by Crippen LogP contribution is -2.41. The third-order valence-corrected chi connectivity index (χ3v) is 24.6. The topological polar surface area (TPSA) is 46.8 Å². The largest absolute Gasteiger partial charge is 0.317 e. The molecule has 0 N–H and O–H groups in total. The van der Waals surface area contributed by atoms with E-state index >= 15 is 0 Å². The number of amidine groups is 3. The number of aliphatic imine (C=N–C) groups is 3. The van der Waals surface area contributed by atoms with E-state index in [1.54, 1.807) is 0 Å². The summed E-state index contributed by atoms with van der Waals surface area (Å²) in [5.74, 6) is 2.83. The van der Waals surface area contributed by atoms with E-state index in [0.29, 0.717) is 0 Å². The Kier molecular flexibility index (Phi) is 18.1. The normalized spacial score (nSPS) is 21.4. The van der Waals surface area contributed by atoms with Crippen LogP contribution in [0.5, 0.6) is 0 Å². The highest BCUT2D eigenvalue weighted by molar-refractivity contribution is 14.2. The molecule has 6 aliphatic carbocycles. The van der Waals surface area contributed by atoms with Crippen LogP contribution in [0.1, 0.15) is 130 Å². The Labute approximate surface area is 638 Å². The van der Waals surface area contributed by atoms with Crippen LogP contribution in [0.15, 0.2) is 318 Å². The van der Waals surface area contributed by atoms with Gasteiger partial charge in [0.05, 0.1) is 37.5 Å². The van der Waals surface area contributed by atoms with E-state index in [2.05, 4.69) is 360 Å². The number of anilines is 3. The Morgan fingerprint density at radius 3 is 0.829 bits per heavy atom. The van der Waals surface area contributed by atoms with Crippen molar-refractivity contribution in [1.82, 2.24) is 0 Å². The molecule has 3 heterocycles. The molecular formula is C96H87BIN6P. The quantitative estimate of drug-likeness (QED) is 0.0619.